The molecule has 2 heterocycles. The van der Waals surface area contributed by atoms with Crippen molar-refractivity contribution >= 4 is 21.7 Å². The molecule has 9 nitrogen and oxygen atoms in total. The van der Waals surface area contributed by atoms with E-state index in [-0.39, 0.29) is 22.8 Å². The van der Waals surface area contributed by atoms with Gasteiger partial charge in [-0.1, -0.05) is 23.4 Å². The van der Waals surface area contributed by atoms with Crippen LogP contribution in [0, 0.1) is 12.7 Å². The Hall–Kier alpha value is -3.55. The zero-order valence-corrected chi connectivity index (χ0v) is 18.9. The topological polar surface area (TPSA) is 116 Å². The molecule has 14 heteroatoms. The van der Waals surface area contributed by atoms with Crippen LogP contribution >= 0.6 is 0 Å². The SMILES string of the molecule is Cc1nc(-c2nnn(C)c2CC(=O)O[C@@H](c2ccccc2F)C(F)(F)F)ccc1NS(C)(=O)=O. The number of nitrogens with one attached hydrogen (secondary N) is 1. The molecule has 1 aromatic carbocycles. The standard InChI is InChI=1S/C20H19F4N5O4S/c1-11-14(27-34(3,31)32)8-9-15(25-11)18-16(29(2)28-26-18)10-17(30)33-19(20(22,23)24)12-6-4-5-7-13(12)21/h4-9,19,27H,10H2,1-3H3/t19-/m0/s1. The van der Waals surface area contributed by atoms with Crippen LogP contribution in [0.3, 0.4) is 0 Å². The lowest BCUT2D eigenvalue weighted by Gasteiger charge is -2.21. The van der Waals surface area contributed by atoms with Crippen LogP contribution in [0.4, 0.5) is 23.2 Å². The van der Waals surface area contributed by atoms with Crippen molar-refractivity contribution in [3.63, 3.8) is 0 Å². The molecular weight excluding hydrogens is 482 g/mol. The molecule has 0 spiro atoms. The number of sulfonamides is 1. The maximum atomic E-state index is 14.0. The second-order valence-electron chi connectivity index (χ2n) is 7.32. The number of pyridine rings is 1. The summed E-state index contributed by atoms with van der Waals surface area (Å²) in [5.74, 6) is -2.45. The highest BCUT2D eigenvalue weighted by Gasteiger charge is 2.45. The van der Waals surface area contributed by atoms with Gasteiger partial charge in [0.1, 0.15) is 11.5 Å². The summed E-state index contributed by atoms with van der Waals surface area (Å²) in [4.78, 5) is 16.7. The second-order valence-corrected chi connectivity index (χ2v) is 9.07. The van der Waals surface area contributed by atoms with E-state index in [9.17, 15) is 30.8 Å². The number of halogens is 4. The lowest BCUT2D eigenvalue weighted by Crippen LogP contribution is -2.28. The molecule has 34 heavy (non-hydrogen) atoms. The van der Waals surface area contributed by atoms with Gasteiger partial charge in [0.2, 0.25) is 16.1 Å². The number of hydrogen-bond acceptors (Lipinski definition) is 7. The van der Waals surface area contributed by atoms with Crippen molar-refractivity contribution in [1.29, 1.82) is 0 Å². The zero-order chi connectivity index (χ0) is 25.3. The molecule has 2 aromatic heterocycles. The fourth-order valence-electron chi connectivity index (χ4n) is 3.08. The average molecular weight is 501 g/mol. The Kier molecular flexibility index (Phi) is 6.91. The Bertz CT molecular complexity index is 1320. The van der Waals surface area contributed by atoms with Gasteiger partial charge < -0.3 is 4.74 Å². The molecule has 182 valence electrons. The molecule has 3 aromatic rings. The van der Waals surface area contributed by atoms with Gasteiger partial charge in [-0.25, -0.2) is 17.8 Å². The Morgan fingerprint density at radius 2 is 1.88 bits per heavy atom. The van der Waals surface area contributed by atoms with E-state index < -0.39 is 46.1 Å². The predicted octanol–water partition coefficient (Wildman–Crippen LogP) is 3.09. The maximum absolute atomic E-state index is 14.0. The van der Waals surface area contributed by atoms with Gasteiger partial charge in [0.05, 0.1) is 35.4 Å². The van der Waals surface area contributed by atoms with Crippen molar-refractivity contribution in [2.24, 2.45) is 7.05 Å². The van der Waals surface area contributed by atoms with Crippen molar-refractivity contribution in [2.75, 3.05) is 11.0 Å². The normalized spacial score (nSPS) is 12.9. The summed E-state index contributed by atoms with van der Waals surface area (Å²) in [6, 6.07) is 6.97. The molecule has 0 bridgehead atoms. The number of hydrogen-bond donors (Lipinski definition) is 1. The van der Waals surface area contributed by atoms with E-state index in [1.54, 1.807) is 0 Å². The second kappa shape index (κ2) is 9.37. The molecule has 0 saturated heterocycles. The summed E-state index contributed by atoms with van der Waals surface area (Å²) in [5.41, 5.74) is 0.0674. The van der Waals surface area contributed by atoms with Crippen molar-refractivity contribution < 1.29 is 35.5 Å². The Labute approximate surface area is 191 Å². The van der Waals surface area contributed by atoms with E-state index in [1.807, 2.05) is 0 Å². The number of nitrogens with zero attached hydrogens (tertiary/aromatic N) is 4. The number of alkyl halides is 3. The molecule has 1 N–H and O–H groups in total. The highest BCUT2D eigenvalue weighted by Crippen LogP contribution is 2.37. The zero-order valence-electron chi connectivity index (χ0n) is 18.1. The van der Waals surface area contributed by atoms with Gasteiger partial charge in [-0.3, -0.25) is 14.2 Å². The maximum Gasteiger partial charge on any atom is 0.429 e. The summed E-state index contributed by atoms with van der Waals surface area (Å²) in [6.45, 7) is 1.53. The molecule has 3 rings (SSSR count). The summed E-state index contributed by atoms with van der Waals surface area (Å²) in [5, 5.41) is 7.69. The lowest BCUT2D eigenvalue weighted by molar-refractivity contribution is -0.224. The smallest absolute Gasteiger partial charge is 0.429 e. The first-order valence-electron chi connectivity index (χ1n) is 9.61. The largest absolute Gasteiger partial charge is 0.447 e. The van der Waals surface area contributed by atoms with E-state index in [4.69, 9.17) is 0 Å². The number of aromatic nitrogens is 4. The number of carbonyl (C=O) groups excluding carboxylic acids is 1. The van der Waals surface area contributed by atoms with Crippen LogP contribution in [-0.4, -0.2) is 46.8 Å². The Morgan fingerprint density at radius 1 is 1.21 bits per heavy atom. The van der Waals surface area contributed by atoms with Gasteiger partial charge in [-0.15, -0.1) is 5.10 Å². The minimum absolute atomic E-state index is 0.0860. The van der Waals surface area contributed by atoms with E-state index >= 15 is 0 Å². The first-order chi connectivity index (χ1) is 15.8. The van der Waals surface area contributed by atoms with E-state index in [0.29, 0.717) is 5.69 Å². The summed E-state index contributed by atoms with van der Waals surface area (Å²) in [6.07, 6.45) is -7.54. The molecular formula is C20H19F4N5O4S. The molecule has 0 unspecified atom stereocenters. The quantitative estimate of drug-likeness (QED) is 0.391. The Balaban J connectivity index is 1.87. The summed E-state index contributed by atoms with van der Waals surface area (Å²) in [7, 11) is -2.13. The lowest BCUT2D eigenvalue weighted by atomic mass is 10.1. The Morgan fingerprint density at radius 3 is 2.47 bits per heavy atom. The minimum Gasteiger partial charge on any atom is -0.447 e. The van der Waals surface area contributed by atoms with Gasteiger partial charge in [-0.2, -0.15) is 13.2 Å². The number of benzene rings is 1. The third kappa shape index (κ3) is 5.87. The van der Waals surface area contributed by atoms with Crippen LogP contribution in [-0.2, 0) is 33.0 Å². The van der Waals surface area contributed by atoms with E-state index in [1.165, 1.54) is 42.9 Å². The number of aryl methyl sites for hydroxylation is 2. The number of ether oxygens (including phenoxy) is 1. The summed E-state index contributed by atoms with van der Waals surface area (Å²) >= 11 is 0. The highest BCUT2D eigenvalue weighted by atomic mass is 32.2. The third-order valence-electron chi connectivity index (χ3n) is 4.61. The number of rotatable bonds is 7. The van der Waals surface area contributed by atoms with Gasteiger partial charge >= 0.3 is 12.1 Å². The number of carbonyl (C=O) groups is 1. The van der Waals surface area contributed by atoms with Gasteiger partial charge in [0.25, 0.3) is 0 Å². The third-order valence-corrected chi connectivity index (χ3v) is 5.20. The highest BCUT2D eigenvalue weighted by molar-refractivity contribution is 7.92. The molecule has 0 saturated carbocycles. The molecule has 0 aliphatic rings. The molecule has 1 atom stereocenters. The van der Waals surface area contributed by atoms with Crippen LogP contribution in [0.1, 0.15) is 23.1 Å². The van der Waals surface area contributed by atoms with Crippen molar-refractivity contribution in [3.8, 4) is 11.4 Å². The fourth-order valence-corrected chi connectivity index (χ4v) is 3.69. The van der Waals surface area contributed by atoms with Gasteiger partial charge in [-0.05, 0) is 25.1 Å². The molecule has 0 fully saturated rings. The predicted molar refractivity (Wildman–Crippen MR) is 112 cm³/mol. The van der Waals surface area contributed by atoms with Crippen LogP contribution in [0.2, 0.25) is 0 Å². The summed E-state index contributed by atoms with van der Waals surface area (Å²) < 4.78 is 85.5. The average Bonchev–Trinajstić information content (AvgIpc) is 3.07. The first kappa shape index (κ1) is 25.1. The number of anilines is 1. The molecule has 0 radical (unpaired) electrons. The monoisotopic (exact) mass is 501 g/mol. The van der Waals surface area contributed by atoms with Gasteiger partial charge in [0.15, 0.2) is 0 Å². The van der Waals surface area contributed by atoms with Crippen molar-refractivity contribution in [3.05, 3.63) is 59.2 Å². The van der Waals surface area contributed by atoms with Crippen LogP contribution in [0.25, 0.3) is 11.4 Å². The fraction of sp³-hybridized carbons (Fsp3) is 0.300. The molecule has 0 amide bonds. The van der Waals surface area contributed by atoms with Crippen molar-refractivity contribution in [2.45, 2.75) is 25.6 Å². The van der Waals surface area contributed by atoms with Crippen LogP contribution in [0.5, 0.6) is 0 Å². The first-order valence-corrected chi connectivity index (χ1v) is 11.5. The van der Waals surface area contributed by atoms with Crippen molar-refractivity contribution in [1.82, 2.24) is 20.0 Å². The van der Waals surface area contributed by atoms with Gasteiger partial charge in [0, 0.05) is 12.6 Å². The molecule has 0 aliphatic heterocycles. The van der Waals surface area contributed by atoms with Crippen LogP contribution in [0.15, 0.2) is 36.4 Å². The van der Waals surface area contributed by atoms with E-state index in [2.05, 4.69) is 24.8 Å². The molecule has 0 aliphatic carbocycles. The van der Waals surface area contributed by atoms with Crippen LogP contribution < -0.4 is 4.72 Å². The minimum atomic E-state index is -5.05. The van der Waals surface area contributed by atoms with E-state index in [0.717, 1.165) is 18.4 Å². The number of esters is 1.